The molecule has 0 amide bonds. The maximum absolute atomic E-state index is 10.8. The van der Waals surface area contributed by atoms with Gasteiger partial charge in [0, 0.05) is 19.6 Å². The lowest BCUT2D eigenvalue weighted by molar-refractivity contribution is -0.139. The predicted molar refractivity (Wildman–Crippen MR) is 53.0 cm³/mol. The summed E-state index contributed by atoms with van der Waals surface area (Å²) in [6.07, 6.45) is 4.21. The summed E-state index contributed by atoms with van der Waals surface area (Å²) >= 11 is 0. The maximum Gasteiger partial charge on any atom is 0.309 e. The quantitative estimate of drug-likeness (QED) is 0.486. The number of hydrogen-bond acceptors (Lipinski definition) is 4. The molecule has 0 atom stereocenters. The van der Waals surface area contributed by atoms with Crippen molar-refractivity contribution in [2.75, 3.05) is 40.0 Å². The van der Waals surface area contributed by atoms with E-state index in [4.69, 9.17) is 4.74 Å². The minimum absolute atomic E-state index is 0.191. The van der Waals surface area contributed by atoms with Crippen molar-refractivity contribution in [3.8, 4) is 0 Å². The third-order valence-electron chi connectivity index (χ3n) is 2.15. The van der Waals surface area contributed by atoms with Gasteiger partial charge in [-0.05, 0) is 0 Å². The summed E-state index contributed by atoms with van der Waals surface area (Å²) in [5.41, 5.74) is 0. The second-order valence-electron chi connectivity index (χ2n) is 3.16. The second-order valence-corrected chi connectivity index (χ2v) is 3.16. The second kappa shape index (κ2) is 6.56. The molecule has 0 saturated carbocycles. The molecular weight excluding hydrogens is 182 g/mol. The van der Waals surface area contributed by atoms with E-state index < -0.39 is 0 Å². The number of carbonyl (C=O) groups excluding carboxylic acids is 1. The molecular formula is C10H17NO3. The summed E-state index contributed by atoms with van der Waals surface area (Å²) in [5, 5.41) is 0. The van der Waals surface area contributed by atoms with Crippen molar-refractivity contribution >= 4 is 5.97 Å². The average Bonchev–Trinajstić information content (AvgIpc) is 2.25. The van der Waals surface area contributed by atoms with Crippen molar-refractivity contribution in [1.82, 2.24) is 4.90 Å². The number of hydrogen-bond donors (Lipinski definition) is 0. The molecule has 80 valence electrons. The van der Waals surface area contributed by atoms with Gasteiger partial charge in [-0.3, -0.25) is 9.69 Å². The van der Waals surface area contributed by atoms with Crippen LogP contribution < -0.4 is 0 Å². The number of methoxy groups -OCH3 is 1. The van der Waals surface area contributed by atoms with Crippen LogP contribution in [0.4, 0.5) is 0 Å². The predicted octanol–water partition coefficient (Wildman–Crippen LogP) is 0.438. The van der Waals surface area contributed by atoms with Gasteiger partial charge in [0.15, 0.2) is 0 Å². The fraction of sp³-hybridized carbons (Fsp3) is 0.700. The molecule has 0 N–H and O–H groups in total. The Kier molecular flexibility index (Phi) is 5.25. The summed E-state index contributed by atoms with van der Waals surface area (Å²) in [7, 11) is 1.40. The maximum atomic E-state index is 10.8. The standard InChI is InChI=1S/C10H17NO3/c1-13-10(12)4-2-3-5-11-6-8-14-9-7-11/h2-3H,4-9H2,1H3/b3-2-. The fourth-order valence-corrected chi connectivity index (χ4v) is 1.27. The van der Waals surface area contributed by atoms with E-state index in [2.05, 4.69) is 9.64 Å². The minimum Gasteiger partial charge on any atom is -0.469 e. The highest BCUT2D eigenvalue weighted by Gasteiger charge is 2.07. The monoisotopic (exact) mass is 199 g/mol. The Morgan fingerprint density at radius 3 is 2.79 bits per heavy atom. The molecule has 1 aliphatic heterocycles. The first-order chi connectivity index (χ1) is 6.83. The fourth-order valence-electron chi connectivity index (χ4n) is 1.27. The van der Waals surface area contributed by atoms with Gasteiger partial charge in [0.05, 0.1) is 26.7 Å². The molecule has 0 aromatic carbocycles. The molecule has 1 fully saturated rings. The molecule has 0 aliphatic carbocycles. The molecule has 1 rings (SSSR count). The highest BCUT2D eigenvalue weighted by atomic mass is 16.5. The third-order valence-corrected chi connectivity index (χ3v) is 2.15. The zero-order chi connectivity index (χ0) is 10.2. The lowest BCUT2D eigenvalue weighted by atomic mass is 10.3. The molecule has 1 aliphatic rings. The van der Waals surface area contributed by atoms with Crippen LogP contribution in [-0.4, -0.2) is 50.8 Å². The SMILES string of the molecule is COC(=O)C/C=C\CN1CCOCC1. The lowest BCUT2D eigenvalue weighted by Crippen LogP contribution is -2.36. The van der Waals surface area contributed by atoms with Crippen molar-refractivity contribution < 1.29 is 14.3 Å². The van der Waals surface area contributed by atoms with Gasteiger partial charge in [0.2, 0.25) is 0 Å². The summed E-state index contributed by atoms with van der Waals surface area (Å²) in [5.74, 6) is -0.191. The zero-order valence-electron chi connectivity index (χ0n) is 8.57. The summed E-state index contributed by atoms with van der Waals surface area (Å²) in [6.45, 7) is 4.46. The van der Waals surface area contributed by atoms with Gasteiger partial charge in [-0.15, -0.1) is 0 Å². The Balaban J connectivity index is 2.09. The molecule has 4 nitrogen and oxygen atoms in total. The smallest absolute Gasteiger partial charge is 0.309 e. The third kappa shape index (κ3) is 4.39. The summed E-state index contributed by atoms with van der Waals surface area (Å²) < 4.78 is 9.74. The average molecular weight is 199 g/mol. The van der Waals surface area contributed by atoms with Crippen molar-refractivity contribution in [3.63, 3.8) is 0 Å². The topological polar surface area (TPSA) is 38.8 Å². The first-order valence-electron chi connectivity index (χ1n) is 4.85. The van der Waals surface area contributed by atoms with E-state index in [0.29, 0.717) is 6.42 Å². The Morgan fingerprint density at radius 2 is 2.14 bits per heavy atom. The van der Waals surface area contributed by atoms with Gasteiger partial charge >= 0.3 is 5.97 Å². The molecule has 0 aromatic heterocycles. The molecule has 0 unspecified atom stereocenters. The van der Waals surface area contributed by atoms with Gasteiger partial charge in [-0.25, -0.2) is 0 Å². The summed E-state index contributed by atoms with van der Waals surface area (Å²) in [4.78, 5) is 13.0. The Hall–Kier alpha value is -0.870. The van der Waals surface area contributed by atoms with Crippen molar-refractivity contribution in [2.45, 2.75) is 6.42 Å². The van der Waals surface area contributed by atoms with Crippen LogP contribution in [0.15, 0.2) is 12.2 Å². The molecule has 4 heteroatoms. The van der Waals surface area contributed by atoms with Gasteiger partial charge in [0.1, 0.15) is 0 Å². The number of carbonyl (C=O) groups is 1. The molecule has 14 heavy (non-hydrogen) atoms. The Morgan fingerprint density at radius 1 is 1.43 bits per heavy atom. The molecule has 1 saturated heterocycles. The van der Waals surface area contributed by atoms with Crippen LogP contribution in [0.5, 0.6) is 0 Å². The van der Waals surface area contributed by atoms with Crippen LogP contribution in [0.1, 0.15) is 6.42 Å². The minimum atomic E-state index is -0.191. The highest BCUT2D eigenvalue weighted by Crippen LogP contribution is 1.96. The van der Waals surface area contributed by atoms with Crippen molar-refractivity contribution in [3.05, 3.63) is 12.2 Å². The van der Waals surface area contributed by atoms with Crippen LogP contribution >= 0.6 is 0 Å². The first-order valence-corrected chi connectivity index (χ1v) is 4.85. The van der Waals surface area contributed by atoms with E-state index in [9.17, 15) is 4.79 Å². The molecule has 0 aromatic rings. The normalized spacial score (nSPS) is 18.6. The van der Waals surface area contributed by atoms with E-state index in [1.807, 2.05) is 12.2 Å². The van der Waals surface area contributed by atoms with E-state index in [-0.39, 0.29) is 5.97 Å². The van der Waals surface area contributed by atoms with Gasteiger partial charge in [-0.2, -0.15) is 0 Å². The molecule has 0 bridgehead atoms. The molecule has 0 spiro atoms. The Labute approximate surface area is 84.5 Å². The van der Waals surface area contributed by atoms with Crippen LogP contribution in [0, 0.1) is 0 Å². The highest BCUT2D eigenvalue weighted by molar-refractivity contribution is 5.70. The largest absolute Gasteiger partial charge is 0.469 e. The van der Waals surface area contributed by atoms with Crippen molar-refractivity contribution in [1.29, 1.82) is 0 Å². The number of rotatable bonds is 4. The van der Waals surface area contributed by atoms with E-state index in [0.717, 1.165) is 32.8 Å². The number of ether oxygens (including phenoxy) is 2. The molecule has 0 radical (unpaired) electrons. The lowest BCUT2D eigenvalue weighted by Gasteiger charge is -2.25. The molecule has 1 heterocycles. The van der Waals surface area contributed by atoms with E-state index in [1.165, 1.54) is 7.11 Å². The zero-order valence-corrected chi connectivity index (χ0v) is 8.57. The Bertz CT molecular complexity index is 198. The van der Waals surface area contributed by atoms with Gasteiger partial charge < -0.3 is 9.47 Å². The first kappa shape index (κ1) is 11.2. The van der Waals surface area contributed by atoms with Crippen molar-refractivity contribution in [2.24, 2.45) is 0 Å². The van der Waals surface area contributed by atoms with Crippen LogP contribution in [0.25, 0.3) is 0 Å². The number of esters is 1. The number of nitrogens with zero attached hydrogens (tertiary/aromatic N) is 1. The van der Waals surface area contributed by atoms with E-state index in [1.54, 1.807) is 0 Å². The van der Waals surface area contributed by atoms with Crippen LogP contribution in [0.2, 0.25) is 0 Å². The van der Waals surface area contributed by atoms with E-state index >= 15 is 0 Å². The van der Waals surface area contributed by atoms with Gasteiger partial charge in [0.25, 0.3) is 0 Å². The van der Waals surface area contributed by atoms with Crippen LogP contribution in [-0.2, 0) is 14.3 Å². The number of morpholine rings is 1. The van der Waals surface area contributed by atoms with Gasteiger partial charge in [-0.1, -0.05) is 12.2 Å². The summed E-state index contributed by atoms with van der Waals surface area (Å²) in [6, 6.07) is 0. The van der Waals surface area contributed by atoms with Crippen LogP contribution in [0.3, 0.4) is 0 Å².